The van der Waals surface area contributed by atoms with Crippen LogP contribution in [0.25, 0.3) is 21.9 Å². The normalized spacial score (nSPS) is 11.1. The number of rotatable bonds is 0. The molecule has 62 valence electrons. The lowest BCUT2D eigenvalue weighted by molar-refractivity contribution is 0.896. The molecule has 0 saturated heterocycles. The van der Waals surface area contributed by atoms with Gasteiger partial charge in [-0.2, -0.15) is 0 Å². The molecular weight excluding hydrogens is 164 g/mol. The van der Waals surface area contributed by atoms with Gasteiger partial charge < -0.3 is 4.98 Å². The van der Waals surface area contributed by atoms with Gasteiger partial charge in [0.25, 0.3) is 0 Å². The summed E-state index contributed by atoms with van der Waals surface area (Å²) in [6.07, 6.45) is 1.68. The Kier molecular flexibility index (Phi) is 1.14. The summed E-state index contributed by atoms with van der Waals surface area (Å²) in [6, 6.07) is 8.00. The van der Waals surface area contributed by atoms with E-state index in [-0.39, 0.29) is 0 Å². The predicted octanol–water partition coefficient (Wildman–Crippen LogP) is 1.51. The Bertz CT molecular complexity index is 519. The first-order chi connectivity index (χ1) is 6.45. The molecule has 0 unspecified atom stereocenters. The van der Waals surface area contributed by atoms with Gasteiger partial charge >= 0.3 is 0 Å². The number of nitrogens with one attached hydrogen (secondary N) is 1. The van der Waals surface area contributed by atoms with Crippen molar-refractivity contribution in [2.24, 2.45) is 0 Å². The first-order valence-electron chi connectivity index (χ1n) is 4.00. The summed E-state index contributed by atoms with van der Waals surface area (Å²) >= 11 is 0. The number of para-hydroxylation sites is 1. The quantitative estimate of drug-likeness (QED) is 0.556. The SMILES string of the molecule is c1ccc2c(c1)[nH]c1cnnnc12. The second-order valence-electron chi connectivity index (χ2n) is 2.87. The number of aromatic amines is 1. The van der Waals surface area contributed by atoms with Crippen molar-refractivity contribution in [3.63, 3.8) is 0 Å². The summed E-state index contributed by atoms with van der Waals surface area (Å²) in [6.45, 7) is 0. The van der Waals surface area contributed by atoms with Crippen LogP contribution in [0, 0.1) is 0 Å². The maximum absolute atomic E-state index is 3.98. The van der Waals surface area contributed by atoms with E-state index in [4.69, 9.17) is 0 Å². The fraction of sp³-hybridized carbons (Fsp3) is 0. The Morgan fingerprint density at radius 2 is 2.00 bits per heavy atom. The summed E-state index contributed by atoms with van der Waals surface area (Å²) < 4.78 is 0. The van der Waals surface area contributed by atoms with E-state index in [0.717, 1.165) is 21.9 Å². The van der Waals surface area contributed by atoms with Crippen molar-refractivity contribution in [1.29, 1.82) is 0 Å². The van der Waals surface area contributed by atoms with Gasteiger partial charge in [0, 0.05) is 10.9 Å². The zero-order valence-corrected chi connectivity index (χ0v) is 6.73. The summed E-state index contributed by atoms with van der Waals surface area (Å²) in [4.78, 5) is 3.21. The third-order valence-electron chi connectivity index (χ3n) is 2.09. The maximum atomic E-state index is 3.98. The van der Waals surface area contributed by atoms with Crippen molar-refractivity contribution in [2.75, 3.05) is 0 Å². The molecule has 0 aliphatic rings. The molecule has 0 aliphatic carbocycles. The van der Waals surface area contributed by atoms with Crippen molar-refractivity contribution in [3.8, 4) is 0 Å². The van der Waals surface area contributed by atoms with Crippen LogP contribution in [-0.2, 0) is 0 Å². The van der Waals surface area contributed by atoms with Crippen molar-refractivity contribution < 1.29 is 0 Å². The van der Waals surface area contributed by atoms with Crippen molar-refractivity contribution in [3.05, 3.63) is 30.5 Å². The van der Waals surface area contributed by atoms with E-state index in [1.807, 2.05) is 24.3 Å². The number of hydrogen-bond donors (Lipinski definition) is 1. The van der Waals surface area contributed by atoms with Gasteiger partial charge in [-0.05, 0) is 11.3 Å². The molecule has 2 heterocycles. The van der Waals surface area contributed by atoms with E-state index in [1.54, 1.807) is 6.20 Å². The van der Waals surface area contributed by atoms with Crippen LogP contribution in [0.3, 0.4) is 0 Å². The van der Waals surface area contributed by atoms with Gasteiger partial charge in [0.05, 0.1) is 11.7 Å². The highest BCUT2D eigenvalue weighted by atomic mass is 15.3. The summed E-state index contributed by atoms with van der Waals surface area (Å²) in [5.41, 5.74) is 2.88. The van der Waals surface area contributed by atoms with Crippen LogP contribution in [0.2, 0.25) is 0 Å². The highest BCUT2D eigenvalue weighted by molar-refractivity contribution is 6.04. The zero-order chi connectivity index (χ0) is 8.67. The summed E-state index contributed by atoms with van der Waals surface area (Å²) in [7, 11) is 0. The van der Waals surface area contributed by atoms with Crippen LogP contribution in [0.15, 0.2) is 30.5 Å². The minimum Gasteiger partial charge on any atom is -0.352 e. The molecule has 3 rings (SSSR count). The first-order valence-corrected chi connectivity index (χ1v) is 4.00. The third kappa shape index (κ3) is 0.823. The second-order valence-corrected chi connectivity index (χ2v) is 2.87. The zero-order valence-electron chi connectivity index (χ0n) is 6.73. The molecule has 13 heavy (non-hydrogen) atoms. The third-order valence-corrected chi connectivity index (χ3v) is 2.09. The Morgan fingerprint density at radius 3 is 3.00 bits per heavy atom. The van der Waals surface area contributed by atoms with Crippen molar-refractivity contribution in [2.45, 2.75) is 0 Å². The molecule has 0 fully saturated rings. The van der Waals surface area contributed by atoms with Crippen LogP contribution in [0.1, 0.15) is 0 Å². The Labute approximate surface area is 73.6 Å². The average Bonchev–Trinajstić information content (AvgIpc) is 2.56. The van der Waals surface area contributed by atoms with Gasteiger partial charge in [-0.1, -0.05) is 18.2 Å². The Balaban J connectivity index is 2.64. The molecule has 4 heteroatoms. The summed E-state index contributed by atoms with van der Waals surface area (Å²) in [5, 5.41) is 12.4. The fourth-order valence-electron chi connectivity index (χ4n) is 1.50. The smallest absolute Gasteiger partial charge is 0.122 e. The lowest BCUT2D eigenvalue weighted by Crippen LogP contribution is -1.83. The molecule has 0 saturated carbocycles. The van der Waals surface area contributed by atoms with E-state index in [0.29, 0.717) is 0 Å². The van der Waals surface area contributed by atoms with Gasteiger partial charge in [-0.25, -0.2) is 0 Å². The van der Waals surface area contributed by atoms with Gasteiger partial charge in [-0.15, -0.1) is 10.2 Å². The Hall–Kier alpha value is -1.97. The van der Waals surface area contributed by atoms with E-state index in [1.165, 1.54) is 0 Å². The molecule has 1 aromatic carbocycles. The second kappa shape index (κ2) is 2.26. The van der Waals surface area contributed by atoms with Crippen LogP contribution >= 0.6 is 0 Å². The molecule has 0 spiro atoms. The van der Waals surface area contributed by atoms with Gasteiger partial charge in [0.1, 0.15) is 5.52 Å². The lowest BCUT2D eigenvalue weighted by Gasteiger charge is -1.85. The number of aromatic nitrogens is 4. The topological polar surface area (TPSA) is 54.5 Å². The van der Waals surface area contributed by atoms with Crippen LogP contribution in [0.4, 0.5) is 0 Å². The molecule has 1 N–H and O–H groups in total. The highest BCUT2D eigenvalue weighted by Gasteiger charge is 2.03. The monoisotopic (exact) mass is 170 g/mol. The van der Waals surface area contributed by atoms with E-state index < -0.39 is 0 Å². The summed E-state index contributed by atoms with van der Waals surface area (Å²) in [5.74, 6) is 0. The van der Waals surface area contributed by atoms with Crippen LogP contribution in [0.5, 0.6) is 0 Å². The van der Waals surface area contributed by atoms with Gasteiger partial charge in [0.15, 0.2) is 0 Å². The number of H-pyrrole nitrogens is 1. The fourth-order valence-corrected chi connectivity index (χ4v) is 1.50. The molecule has 2 aromatic heterocycles. The molecule has 0 amide bonds. The van der Waals surface area contributed by atoms with Crippen LogP contribution < -0.4 is 0 Å². The van der Waals surface area contributed by atoms with Crippen molar-refractivity contribution in [1.82, 2.24) is 20.4 Å². The maximum Gasteiger partial charge on any atom is 0.122 e. The van der Waals surface area contributed by atoms with E-state index >= 15 is 0 Å². The molecular formula is C9H6N4. The van der Waals surface area contributed by atoms with E-state index in [2.05, 4.69) is 20.4 Å². The standard InChI is InChI=1S/C9H6N4/c1-2-4-7-6(3-1)9-8(11-7)5-10-13-12-9/h1-5,11H. The molecule has 0 atom stereocenters. The van der Waals surface area contributed by atoms with Crippen LogP contribution in [-0.4, -0.2) is 20.4 Å². The number of hydrogen-bond acceptors (Lipinski definition) is 3. The first kappa shape index (κ1) is 6.54. The molecule has 3 aromatic rings. The predicted molar refractivity (Wildman–Crippen MR) is 49.2 cm³/mol. The Morgan fingerprint density at radius 1 is 1.08 bits per heavy atom. The minimum absolute atomic E-state index is 0.880. The van der Waals surface area contributed by atoms with E-state index in [9.17, 15) is 0 Å². The number of fused-ring (bicyclic) bond motifs is 3. The lowest BCUT2D eigenvalue weighted by atomic mass is 10.2. The molecule has 0 bridgehead atoms. The molecule has 0 aliphatic heterocycles. The van der Waals surface area contributed by atoms with Gasteiger partial charge in [-0.3, -0.25) is 0 Å². The molecule has 4 nitrogen and oxygen atoms in total. The number of benzene rings is 1. The largest absolute Gasteiger partial charge is 0.352 e. The van der Waals surface area contributed by atoms with Crippen molar-refractivity contribution >= 4 is 21.9 Å². The highest BCUT2D eigenvalue weighted by Crippen LogP contribution is 2.20. The molecule has 0 radical (unpaired) electrons. The number of nitrogens with zero attached hydrogens (tertiary/aromatic N) is 3. The van der Waals surface area contributed by atoms with Gasteiger partial charge in [0.2, 0.25) is 0 Å². The minimum atomic E-state index is 0.880. The average molecular weight is 170 g/mol.